The molecule has 0 radical (unpaired) electrons. The largest absolute Gasteiger partial charge is 0.355 e. The first kappa shape index (κ1) is 14.0. The van der Waals surface area contributed by atoms with Crippen LogP contribution in [0.15, 0.2) is 0 Å². The average molecular weight is 210 g/mol. The lowest BCUT2D eigenvalue weighted by atomic mass is 9.83. The zero-order chi connectivity index (χ0) is 11.9. The Bertz CT molecular complexity index is 236. The predicted octanol–water partition coefficient (Wildman–Crippen LogP) is 2.48. The van der Waals surface area contributed by atoms with E-state index >= 15 is 0 Å². The summed E-state index contributed by atoms with van der Waals surface area (Å²) in [5, 5.41) is 11.9. The van der Waals surface area contributed by atoms with Gasteiger partial charge in [0, 0.05) is 6.54 Å². The van der Waals surface area contributed by atoms with E-state index in [2.05, 4.69) is 25.2 Å². The number of carbonyl (C=O) groups excluding carboxylic acids is 1. The van der Waals surface area contributed by atoms with Gasteiger partial charge in [0.25, 0.3) is 0 Å². The van der Waals surface area contributed by atoms with Crippen LogP contribution < -0.4 is 5.32 Å². The molecule has 15 heavy (non-hydrogen) atoms. The van der Waals surface area contributed by atoms with Gasteiger partial charge in [-0.15, -0.1) is 0 Å². The normalized spacial score (nSPS) is 11.2. The second-order valence-electron chi connectivity index (χ2n) is 4.34. The fourth-order valence-electron chi connectivity index (χ4n) is 1.42. The Balaban J connectivity index is 4.23. The van der Waals surface area contributed by atoms with Gasteiger partial charge in [-0.05, 0) is 25.2 Å². The van der Waals surface area contributed by atoms with E-state index in [-0.39, 0.29) is 5.91 Å². The van der Waals surface area contributed by atoms with E-state index in [9.17, 15) is 4.79 Å². The third-order valence-electron chi connectivity index (χ3n) is 2.86. The molecule has 0 aromatic rings. The smallest absolute Gasteiger partial charge is 0.240 e. The molecule has 0 fully saturated rings. The Kier molecular flexibility index (Phi) is 6.00. The highest BCUT2D eigenvalue weighted by Gasteiger charge is 2.34. The minimum Gasteiger partial charge on any atom is -0.355 e. The molecule has 0 aliphatic rings. The Morgan fingerprint density at radius 1 is 1.40 bits per heavy atom. The van der Waals surface area contributed by atoms with Crippen molar-refractivity contribution in [3.8, 4) is 6.07 Å². The highest BCUT2D eigenvalue weighted by molar-refractivity contribution is 5.85. The van der Waals surface area contributed by atoms with E-state index in [1.54, 1.807) is 0 Å². The monoisotopic (exact) mass is 210 g/mol. The molecule has 0 unspecified atom stereocenters. The summed E-state index contributed by atoms with van der Waals surface area (Å²) in [5.41, 5.74) is -0.822. The van der Waals surface area contributed by atoms with E-state index in [0.29, 0.717) is 25.3 Å². The van der Waals surface area contributed by atoms with E-state index in [1.807, 2.05) is 13.8 Å². The van der Waals surface area contributed by atoms with Crippen molar-refractivity contribution in [1.82, 2.24) is 5.32 Å². The van der Waals surface area contributed by atoms with Gasteiger partial charge in [-0.3, -0.25) is 4.79 Å². The van der Waals surface area contributed by atoms with Gasteiger partial charge in [-0.25, -0.2) is 0 Å². The van der Waals surface area contributed by atoms with Crippen LogP contribution in [0.4, 0.5) is 0 Å². The highest BCUT2D eigenvalue weighted by atomic mass is 16.2. The molecule has 0 saturated heterocycles. The number of hydrogen-bond donors (Lipinski definition) is 1. The lowest BCUT2D eigenvalue weighted by Crippen LogP contribution is -2.40. The molecule has 3 heteroatoms. The van der Waals surface area contributed by atoms with E-state index in [4.69, 9.17) is 5.26 Å². The molecule has 1 amide bonds. The van der Waals surface area contributed by atoms with Gasteiger partial charge in [-0.2, -0.15) is 5.26 Å². The summed E-state index contributed by atoms with van der Waals surface area (Å²) in [6.45, 7) is 8.66. The fraction of sp³-hybridized carbons (Fsp3) is 0.833. The first-order chi connectivity index (χ1) is 7.02. The summed E-state index contributed by atoms with van der Waals surface area (Å²) >= 11 is 0. The molecular formula is C12H22N2O. The topological polar surface area (TPSA) is 52.9 Å². The number of nitriles is 1. The second kappa shape index (κ2) is 6.44. The number of carbonyl (C=O) groups is 1. The van der Waals surface area contributed by atoms with Gasteiger partial charge in [0.2, 0.25) is 5.91 Å². The van der Waals surface area contributed by atoms with Gasteiger partial charge >= 0.3 is 0 Å². The standard InChI is InChI=1S/C12H22N2O/c1-5-12(6-2,9-13)11(15)14-8-7-10(3)4/h10H,5-8H2,1-4H3,(H,14,15). The molecule has 0 aromatic heterocycles. The molecular weight excluding hydrogens is 188 g/mol. The fourth-order valence-corrected chi connectivity index (χ4v) is 1.42. The van der Waals surface area contributed by atoms with E-state index in [0.717, 1.165) is 6.42 Å². The molecule has 0 rings (SSSR count). The predicted molar refractivity (Wildman–Crippen MR) is 61.1 cm³/mol. The molecule has 3 nitrogen and oxygen atoms in total. The maximum absolute atomic E-state index is 11.8. The van der Waals surface area contributed by atoms with Crippen molar-refractivity contribution in [3.63, 3.8) is 0 Å². The van der Waals surface area contributed by atoms with Crippen molar-refractivity contribution < 1.29 is 4.79 Å². The maximum Gasteiger partial charge on any atom is 0.240 e. The van der Waals surface area contributed by atoms with Crippen LogP contribution in [-0.2, 0) is 4.79 Å². The maximum atomic E-state index is 11.8. The number of nitrogens with zero attached hydrogens (tertiary/aromatic N) is 1. The van der Waals surface area contributed by atoms with Gasteiger partial charge in [0.05, 0.1) is 6.07 Å². The van der Waals surface area contributed by atoms with Crippen LogP contribution >= 0.6 is 0 Å². The number of hydrogen-bond acceptors (Lipinski definition) is 2. The quantitative estimate of drug-likeness (QED) is 0.732. The molecule has 0 bridgehead atoms. The van der Waals surface area contributed by atoms with Crippen molar-refractivity contribution in [1.29, 1.82) is 5.26 Å². The van der Waals surface area contributed by atoms with Crippen molar-refractivity contribution in [2.24, 2.45) is 11.3 Å². The lowest BCUT2D eigenvalue weighted by Gasteiger charge is -2.22. The molecule has 86 valence electrons. The first-order valence-corrected chi connectivity index (χ1v) is 5.72. The van der Waals surface area contributed by atoms with Gasteiger partial charge in [-0.1, -0.05) is 27.7 Å². The van der Waals surface area contributed by atoms with Crippen molar-refractivity contribution in [2.45, 2.75) is 47.0 Å². The highest BCUT2D eigenvalue weighted by Crippen LogP contribution is 2.25. The molecule has 0 aliphatic carbocycles. The molecule has 0 aliphatic heterocycles. The lowest BCUT2D eigenvalue weighted by molar-refractivity contribution is -0.128. The van der Waals surface area contributed by atoms with E-state index < -0.39 is 5.41 Å². The van der Waals surface area contributed by atoms with Crippen LogP contribution in [0.5, 0.6) is 0 Å². The number of amides is 1. The number of nitrogens with one attached hydrogen (secondary N) is 1. The molecule has 0 saturated carbocycles. The third-order valence-corrected chi connectivity index (χ3v) is 2.86. The summed E-state index contributed by atoms with van der Waals surface area (Å²) in [6.07, 6.45) is 2.11. The van der Waals surface area contributed by atoms with Crippen LogP contribution in [0.25, 0.3) is 0 Å². The molecule has 0 aromatic carbocycles. The van der Waals surface area contributed by atoms with Gasteiger partial charge < -0.3 is 5.32 Å². The summed E-state index contributed by atoms with van der Waals surface area (Å²) in [4.78, 5) is 11.8. The van der Waals surface area contributed by atoms with Gasteiger partial charge in [0.15, 0.2) is 0 Å². The zero-order valence-corrected chi connectivity index (χ0v) is 10.3. The van der Waals surface area contributed by atoms with Crippen molar-refractivity contribution >= 4 is 5.91 Å². The Morgan fingerprint density at radius 2 is 1.93 bits per heavy atom. The van der Waals surface area contributed by atoms with Crippen LogP contribution in [0.1, 0.15) is 47.0 Å². The molecule has 1 N–H and O–H groups in total. The summed E-state index contributed by atoms with van der Waals surface area (Å²) in [5.74, 6) is 0.459. The van der Waals surface area contributed by atoms with E-state index in [1.165, 1.54) is 0 Å². The number of rotatable bonds is 6. The molecule has 0 atom stereocenters. The minimum absolute atomic E-state index is 0.115. The Hall–Kier alpha value is -1.04. The van der Waals surface area contributed by atoms with Crippen LogP contribution in [0.3, 0.4) is 0 Å². The minimum atomic E-state index is -0.822. The Labute approximate surface area is 92.9 Å². The third kappa shape index (κ3) is 3.91. The van der Waals surface area contributed by atoms with Crippen LogP contribution in [0, 0.1) is 22.7 Å². The first-order valence-electron chi connectivity index (χ1n) is 5.72. The second-order valence-corrected chi connectivity index (χ2v) is 4.34. The van der Waals surface area contributed by atoms with Crippen molar-refractivity contribution in [3.05, 3.63) is 0 Å². The zero-order valence-electron chi connectivity index (χ0n) is 10.3. The average Bonchev–Trinajstić information content (AvgIpc) is 2.21. The Morgan fingerprint density at radius 3 is 2.27 bits per heavy atom. The molecule has 0 spiro atoms. The summed E-state index contributed by atoms with van der Waals surface area (Å²) < 4.78 is 0. The van der Waals surface area contributed by atoms with Crippen molar-refractivity contribution in [2.75, 3.05) is 6.54 Å². The molecule has 0 heterocycles. The summed E-state index contributed by atoms with van der Waals surface area (Å²) in [7, 11) is 0. The SMILES string of the molecule is CCC(C#N)(CC)C(=O)NCCC(C)C. The van der Waals surface area contributed by atoms with Gasteiger partial charge in [0.1, 0.15) is 5.41 Å². The van der Waals surface area contributed by atoms with Crippen LogP contribution in [0.2, 0.25) is 0 Å². The summed E-state index contributed by atoms with van der Waals surface area (Å²) in [6, 6.07) is 2.14. The van der Waals surface area contributed by atoms with Crippen LogP contribution in [-0.4, -0.2) is 12.5 Å².